The van der Waals surface area contributed by atoms with Gasteiger partial charge in [0, 0.05) is 13.1 Å². The van der Waals surface area contributed by atoms with Gasteiger partial charge in [-0.15, -0.1) is 0 Å². The molecule has 0 saturated heterocycles. The molecule has 0 aliphatic heterocycles. The average molecular weight is 201 g/mol. The fourth-order valence-corrected chi connectivity index (χ4v) is 1.15. The first-order valence-electron chi connectivity index (χ1n) is 5.30. The van der Waals surface area contributed by atoms with Crippen LogP contribution in [0.5, 0.6) is 0 Å². The molecule has 84 valence electrons. The number of hydrogen-bond donors (Lipinski definition) is 2. The molecule has 0 atom stereocenters. The number of unbranched alkanes of at least 4 members (excludes halogenated alkanes) is 1. The minimum Gasteiger partial charge on any atom is -0.354 e. The lowest BCUT2D eigenvalue weighted by atomic mass is 10.3. The Labute approximate surface area is 87.0 Å². The molecule has 0 rings (SSSR count). The number of rotatable bonds is 8. The second-order valence-electron chi connectivity index (χ2n) is 3.54. The molecule has 0 bridgehead atoms. The first-order chi connectivity index (χ1) is 6.70. The smallest absolute Gasteiger partial charge is 0.233 e. The van der Waals surface area contributed by atoms with Crippen molar-refractivity contribution in [2.24, 2.45) is 0 Å². The van der Waals surface area contributed by atoms with Crippen LogP contribution in [0.1, 0.15) is 19.8 Å². The Morgan fingerprint density at radius 2 is 2.07 bits per heavy atom. The van der Waals surface area contributed by atoms with Crippen LogP contribution in [0.3, 0.4) is 0 Å². The summed E-state index contributed by atoms with van der Waals surface area (Å²) < 4.78 is 0. The summed E-state index contributed by atoms with van der Waals surface area (Å²) in [5.41, 5.74) is 0. The van der Waals surface area contributed by atoms with Crippen LogP contribution >= 0.6 is 0 Å². The zero-order valence-electron chi connectivity index (χ0n) is 9.60. The number of nitrogens with one attached hydrogen (secondary N) is 2. The minimum absolute atomic E-state index is 0.0661. The molecule has 0 radical (unpaired) electrons. The predicted molar refractivity (Wildman–Crippen MR) is 59.3 cm³/mol. The monoisotopic (exact) mass is 201 g/mol. The summed E-state index contributed by atoms with van der Waals surface area (Å²) in [7, 11) is 3.85. The van der Waals surface area contributed by atoms with Crippen molar-refractivity contribution >= 4 is 5.91 Å². The Hall–Kier alpha value is -0.610. The third-order valence-corrected chi connectivity index (χ3v) is 2.05. The zero-order chi connectivity index (χ0) is 10.8. The molecule has 0 heterocycles. The summed E-state index contributed by atoms with van der Waals surface area (Å²) in [6.45, 7) is 5.36. The molecule has 4 nitrogen and oxygen atoms in total. The largest absolute Gasteiger partial charge is 0.354 e. The Balaban J connectivity index is 3.29. The first-order valence-corrected chi connectivity index (χ1v) is 5.30. The minimum atomic E-state index is 0.0661. The van der Waals surface area contributed by atoms with E-state index >= 15 is 0 Å². The Morgan fingerprint density at radius 1 is 1.36 bits per heavy atom. The van der Waals surface area contributed by atoms with Gasteiger partial charge in [0.15, 0.2) is 0 Å². The van der Waals surface area contributed by atoms with Crippen LogP contribution in [0.4, 0.5) is 0 Å². The molecule has 0 aromatic carbocycles. The van der Waals surface area contributed by atoms with Gasteiger partial charge in [0.05, 0.1) is 6.54 Å². The van der Waals surface area contributed by atoms with Gasteiger partial charge < -0.3 is 15.5 Å². The highest BCUT2D eigenvalue weighted by Gasteiger charge is 1.99. The lowest BCUT2D eigenvalue weighted by Gasteiger charge is -2.16. The molecular weight excluding hydrogens is 178 g/mol. The second-order valence-corrected chi connectivity index (χ2v) is 3.54. The SMILES string of the molecule is CCCCN(C)CCNC(=O)CNC. The third-order valence-electron chi connectivity index (χ3n) is 2.05. The average Bonchev–Trinajstić information content (AvgIpc) is 2.15. The van der Waals surface area contributed by atoms with Crippen molar-refractivity contribution < 1.29 is 4.79 Å². The lowest BCUT2D eigenvalue weighted by Crippen LogP contribution is -2.37. The number of carbonyl (C=O) groups excluding carboxylic acids is 1. The van der Waals surface area contributed by atoms with Crippen LogP contribution in [0.2, 0.25) is 0 Å². The summed E-state index contributed by atoms with van der Waals surface area (Å²) >= 11 is 0. The van der Waals surface area contributed by atoms with E-state index in [4.69, 9.17) is 0 Å². The van der Waals surface area contributed by atoms with Crippen molar-refractivity contribution in [1.82, 2.24) is 15.5 Å². The molecule has 0 unspecified atom stereocenters. The Morgan fingerprint density at radius 3 is 2.64 bits per heavy atom. The van der Waals surface area contributed by atoms with Gasteiger partial charge in [0.1, 0.15) is 0 Å². The normalized spacial score (nSPS) is 10.6. The van der Waals surface area contributed by atoms with E-state index in [1.807, 2.05) is 0 Å². The van der Waals surface area contributed by atoms with E-state index in [1.54, 1.807) is 7.05 Å². The molecule has 0 spiro atoms. The number of carbonyl (C=O) groups is 1. The van der Waals surface area contributed by atoms with E-state index in [1.165, 1.54) is 12.8 Å². The van der Waals surface area contributed by atoms with E-state index in [0.29, 0.717) is 6.54 Å². The highest BCUT2D eigenvalue weighted by Crippen LogP contribution is 1.89. The molecular formula is C10H23N3O. The van der Waals surface area contributed by atoms with E-state index < -0.39 is 0 Å². The van der Waals surface area contributed by atoms with E-state index in [-0.39, 0.29) is 5.91 Å². The number of amides is 1. The van der Waals surface area contributed by atoms with Crippen LogP contribution < -0.4 is 10.6 Å². The molecule has 0 aliphatic rings. The number of hydrogen-bond acceptors (Lipinski definition) is 3. The van der Waals surface area contributed by atoms with E-state index in [0.717, 1.165) is 19.6 Å². The maximum absolute atomic E-state index is 11.0. The van der Waals surface area contributed by atoms with Gasteiger partial charge in [0.2, 0.25) is 5.91 Å². The molecule has 4 heteroatoms. The summed E-state index contributed by atoms with van der Waals surface area (Å²) in [5, 5.41) is 5.66. The van der Waals surface area contributed by atoms with E-state index in [9.17, 15) is 4.79 Å². The number of nitrogens with zero attached hydrogens (tertiary/aromatic N) is 1. The van der Waals surface area contributed by atoms with Crippen molar-refractivity contribution in [2.45, 2.75) is 19.8 Å². The summed E-state index contributed by atoms with van der Waals surface area (Å²) in [4.78, 5) is 13.3. The molecule has 0 aliphatic carbocycles. The van der Waals surface area contributed by atoms with Crippen LogP contribution in [0.15, 0.2) is 0 Å². The molecule has 0 saturated carbocycles. The Kier molecular flexibility index (Phi) is 8.57. The highest BCUT2D eigenvalue weighted by atomic mass is 16.1. The summed E-state index contributed by atoms with van der Waals surface area (Å²) in [6.07, 6.45) is 2.44. The lowest BCUT2D eigenvalue weighted by molar-refractivity contribution is -0.120. The first kappa shape index (κ1) is 13.4. The quantitative estimate of drug-likeness (QED) is 0.583. The highest BCUT2D eigenvalue weighted by molar-refractivity contribution is 5.77. The van der Waals surface area contributed by atoms with Gasteiger partial charge in [-0.05, 0) is 27.1 Å². The number of likely N-dealkylation sites (N-methyl/N-ethyl adjacent to an activating group) is 2. The fourth-order valence-electron chi connectivity index (χ4n) is 1.15. The van der Waals surface area contributed by atoms with Crippen molar-refractivity contribution in [2.75, 3.05) is 40.3 Å². The van der Waals surface area contributed by atoms with Gasteiger partial charge in [-0.25, -0.2) is 0 Å². The van der Waals surface area contributed by atoms with E-state index in [2.05, 4.69) is 29.5 Å². The van der Waals surface area contributed by atoms with Crippen LogP contribution in [-0.2, 0) is 4.79 Å². The molecule has 0 aromatic heterocycles. The maximum Gasteiger partial charge on any atom is 0.233 e. The van der Waals surface area contributed by atoms with Crippen LogP contribution in [0.25, 0.3) is 0 Å². The molecule has 1 amide bonds. The predicted octanol–water partition coefficient (Wildman–Crippen LogP) is 0.0539. The fraction of sp³-hybridized carbons (Fsp3) is 0.900. The van der Waals surface area contributed by atoms with Gasteiger partial charge in [-0.1, -0.05) is 13.3 Å². The Bertz CT molecular complexity index is 150. The molecule has 14 heavy (non-hydrogen) atoms. The van der Waals surface area contributed by atoms with Crippen LogP contribution in [-0.4, -0.2) is 51.1 Å². The standard InChI is InChI=1S/C10H23N3O/c1-4-5-7-13(3)8-6-12-10(14)9-11-2/h11H,4-9H2,1-3H3,(H,12,14). The maximum atomic E-state index is 11.0. The molecule has 2 N–H and O–H groups in total. The zero-order valence-corrected chi connectivity index (χ0v) is 9.60. The van der Waals surface area contributed by atoms with Crippen molar-refractivity contribution in [3.05, 3.63) is 0 Å². The third kappa shape index (κ3) is 8.01. The van der Waals surface area contributed by atoms with Crippen molar-refractivity contribution in [3.8, 4) is 0 Å². The van der Waals surface area contributed by atoms with Gasteiger partial charge in [-0.2, -0.15) is 0 Å². The van der Waals surface area contributed by atoms with Gasteiger partial charge in [-0.3, -0.25) is 4.79 Å². The van der Waals surface area contributed by atoms with Crippen molar-refractivity contribution in [3.63, 3.8) is 0 Å². The summed E-state index contributed by atoms with van der Waals surface area (Å²) in [6, 6.07) is 0. The second kappa shape index (κ2) is 8.97. The van der Waals surface area contributed by atoms with Gasteiger partial charge >= 0.3 is 0 Å². The van der Waals surface area contributed by atoms with Gasteiger partial charge in [0.25, 0.3) is 0 Å². The topological polar surface area (TPSA) is 44.4 Å². The molecule has 0 aromatic rings. The van der Waals surface area contributed by atoms with Crippen LogP contribution in [0, 0.1) is 0 Å². The van der Waals surface area contributed by atoms with Crippen molar-refractivity contribution in [1.29, 1.82) is 0 Å². The summed E-state index contributed by atoms with van der Waals surface area (Å²) in [5.74, 6) is 0.0661. The molecule has 0 fully saturated rings.